The summed E-state index contributed by atoms with van der Waals surface area (Å²) in [7, 11) is -3.39. The largest absolute Gasteiger partial charge is 0.315 e. The molecule has 0 aliphatic rings. The van der Waals surface area contributed by atoms with Crippen molar-refractivity contribution in [2.45, 2.75) is 31.4 Å². The lowest BCUT2D eigenvalue weighted by Gasteiger charge is -2.05. The van der Waals surface area contributed by atoms with Crippen LogP contribution in [0.5, 0.6) is 0 Å². The van der Waals surface area contributed by atoms with Crippen LogP contribution >= 0.6 is 23.7 Å². The van der Waals surface area contributed by atoms with Gasteiger partial charge >= 0.3 is 0 Å². The highest BCUT2D eigenvalue weighted by Crippen LogP contribution is 2.22. The number of hydrogen-bond acceptors (Lipinski definition) is 5. The summed E-state index contributed by atoms with van der Waals surface area (Å²) in [4.78, 5) is 4.12. The van der Waals surface area contributed by atoms with Crippen molar-refractivity contribution in [2.24, 2.45) is 0 Å². The highest BCUT2D eigenvalue weighted by molar-refractivity contribution is 7.91. The summed E-state index contributed by atoms with van der Waals surface area (Å²) in [5, 5.41) is 3.91. The van der Waals surface area contributed by atoms with E-state index in [-0.39, 0.29) is 12.4 Å². The molecule has 0 atom stereocenters. The van der Waals surface area contributed by atoms with E-state index in [1.165, 1.54) is 11.3 Å². The first-order chi connectivity index (χ1) is 7.97. The number of rotatable bonds is 7. The lowest BCUT2D eigenvalue weighted by Crippen LogP contribution is -2.32. The van der Waals surface area contributed by atoms with E-state index >= 15 is 0 Å². The number of aryl methyl sites for hydroxylation is 2. The van der Waals surface area contributed by atoms with Gasteiger partial charge in [0.25, 0.3) is 10.0 Å². The normalized spacial score (nSPS) is 11.3. The van der Waals surface area contributed by atoms with Crippen LogP contribution in [0.3, 0.4) is 0 Å². The molecule has 0 spiro atoms. The van der Waals surface area contributed by atoms with Crippen LogP contribution in [0, 0.1) is 13.8 Å². The molecule has 2 N–H and O–H groups in total. The van der Waals surface area contributed by atoms with E-state index in [0.29, 0.717) is 23.0 Å². The van der Waals surface area contributed by atoms with Crippen LogP contribution in [0.4, 0.5) is 0 Å². The second kappa shape index (κ2) is 8.06. The van der Waals surface area contributed by atoms with Gasteiger partial charge in [-0.05, 0) is 26.8 Å². The van der Waals surface area contributed by atoms with Crippen molar-refractivity contribution in [3.05, 3.63) is 10.7 Å². The van der Waals surface area contributed by atoms with E-state index in [1.807, 2.05) is 0 Å². The Labute approximate surface area is 119 Å². The van der Waals surface area contributed by atoms with E-state index in [2.05, 4.69) is 21.9 Å². The molecule has 8 heteroatoms. The minimum Gasteiger partial charge on any atom is -0.315 e. The molecule has 5 nitrogen and oxygen atoms in total. The number of aromatic nitrogens is 1. The van der Waals surface area contributed by atoms with E-state index in [9.17, 15) is 8.42 Å². The molecule has 0 aliphatic heterocycles. The van der Waals surface area contributed by atoms with Crippen LogP contribution in [-0.4, -0.2) is 33.0 Å². The van der Waals surface area contributed by atoms with Gasteiger partial charge in [-0.1, -0.05) is 6.92 Å². The van der Waals surface area contributed by atoms with E-state index in [0.717, 1.165) is 18.0 Å². The van der Waals surface area contributed by atoms with Crippen molar-refractivity contribution in [2.75, 3.05) is 19.6 Å². The summed E-state index contributed by atoms with van der Waals surface area (Å²) < 4.78 is 26.8. The smallest absolute Gasteiger partial charge is 0.251 e. The number of halogens is 1. The first-order valence-corrected chi connectivity index (χ1v) is 7.91. The maximum absolute atomic E-state index is 11.9. The van der Waals surface area contributed by atoms with Gasteiger partial charge in [0.2, 0.25) is 0 Å². The maximum atomic E-state index is 11.9. The Morgan fingerprint density at radius 1 is 1.22 bits per heavy atom. The molecule has 0 saturated carbocycles. The van der Waals surface area contributed by atoms with Gasteiger partial charge in [-0.3, -0.25) is 0 Å². The molecule has 0 amide bonds. The predicted octanol–water partition coefficient (Wildman–Crippen LogP) is 1.46. The van der Waals surface area contributed by atoms with E-state index in [1.54, 1.807) is 13.8 Å². The Morgan fingerprint density at radius 2 is 1.89 bits per heavy atom. The topological polar surface area (TPSA) is 71.1 Å². The Bertz CT molecular complexity index is 460. The molecular formula is C10H20ClN3O2S2. The summed E-state index contributed by atoms with van der Waals surface area (Å²) in [6, 6.07) is 0. The van der Waals surface area contributed by atoms with Crippen LogP contribution < -0.4 is 10.0 Å². The third-order valence-electron chi connectivity index (χ3n) is 2.13. The number of nitrogens with zero attached hydrogens (tertiary/aromatic N) is 1. The zero-order valence-corrected chi connectivity index (χ0v) is 13.3. The Hall–Kier alpha value is -0.210. The van der Waals surface area contributed by atoms with Gasteiger partial charge < -0.3 is 5.32 Å². The summed E-state index contributed by atoms with van der Waals surface area (Å²) in [5.74, 6) is 0. The fraction of sp³-hybridized carbons (Fsp3) is 0.700. The van der Waals surface area contributed by atoms with Crippen molar-refractivity contribution in [1.82, 2.24) is 15.0 Å². The van der Waals surface area contributed by atoms with Crippen molar-refractivity contribution < 1.29 is 8.42 Å². The number of thiazole rings is 1. The van der Waals surface area contributed by atoms with Gasteiger partial charge in [0, 0.05) is 13.1 Å². The van der Waals surface area contributed by atoms with Gasteiger partial charge in [0.1, 0.15) is 0 Å². The monoisotopic (exact) mass is 313 g/mol. The molecule has 106 valence electrons. The first kappa shape index (κ1) is 17.8. The average Bonchev–Trinajstić information content (AvgIpc) is 2.58. The molecule has 0 bridgehead atoms. The molecule has 18 heavy (non-hydrogen) atoms. The standard InChI is InChI=1S/C10H19N3O2S2.ClH/c1-4-5-11-6-7-12-17(14,15)10-8(2)13-9(3)16-10;/h11-12H,4-7H2,1-3H3;1H. The van der Waals surface area contributed by atoms with Gasteiger partial charge in [0.05, 0.1) is 10.7 Å². The lowest BCUT2D eigenvalue weighted by molar-refractivity contribution is 0.576. The zero-order chi connectivity index (χ0) is 12.9. The molecule has 0 saturated heterocycles. The molecular weight excluding hydrogens is 294 g/mol. The molecule has 1 rings (SSSR count). The predicted molar refractivity (Wildman–Crippen MR) is 77.2 cm³/mol. The fourth-order valence-corrected chi connectivity index (χ4v) is 3.96. The van der Waals surface area contributed by atoms with Crippen molar-refractivity contribution in [3.8, 4) is 0 Å². The van der Waals surface area contributed by atoms with Gasteiger partial charge in [-0.2, -0.15) is 0 Å². The second-order valence-corrected chi connectivity index (χ2v) is 6.92. The fourth-order valence-electron chi connectivity index (χ4n) is 1.40. The van der Waals surface area contributed by atoms with Crippen LogP contribution in [-0.2, 0) is 10.0 Å². The van der Waals surface area contributed by atoms with Crippen LogP contribution in [0.25, 0.3) is 0 Å². The van der Waals surface area contributed by atoms with E-state index < -0.39 is 10.0 Å². The quantitative estimate of drug-likeness (QED) is 0.748. The minimum atomic E-state index is -3.39. The third kappa shape index (κ3) is 5.19. The average molecular weight is 314 g/mol. The molecule has 0 fully saturated rings. The maximum Gasteiger partial charge on any atom is 0.251 e. The highest BCUT2D eigenvalue weighted by atomic mass is 35.5. The van der Waals surface area contributed by atoms with Crippen LogP contribution in [0.15, 0.2) is 4.21 Å². The highest BCUT2D eigenvalue weighted by Gasteiger charge is 2.19. The first-order valence-electron chi connectivity index (χ1n) is 5.61. The third-order valence-corrected chi connectivity index (χ3v) is 5.27. The number of hydrogen-bond donors (Lipinski definition) is 2. The van der Waals surface area contributed by atoms with Crippen molar-refractivity contribution >= 4 is 33.8 Å². The molecule has 0 aromatic carbocycles. The second-order valence-electron chi connectivity index (χ2n) is 3.75. The van der Waals surface area contributed by atoms with Crippen molar-refractivity contribution in [1.29, 1.82) is 0 Å². The SMILES string of the molecule is CCCNCCNS(=O)(=O)c1sc(C)nc1C.Cl. The molecule has 1 aromatic rings. The Balaban J connectivity index is 0.00000289. The minimum absolute atomic E-state index is 0. The van der Waals surface area contributed by atoms with Gasteiger partial charge in [-0.15, -0.1) is 23.7 Å². The summed E-state index contributed by atoms with van der Waals surface area (Å²) in [6.45, 7) is 7.54. The molecule has 0 unspecified atom stereocenters. The molecule has 0 aliphatic carbocycles. The summed E-state index contributed by atoms with van der Waals surface area (Å²) in [6.07, 6.45) is 1.04. The molecule has 1 heterocycles. The van der Waals surface area contributed by atoms with Crippen LogP contribution in [0.2, 0.25) is 0 Å². The Morgan fingerprint density at radius 3 is 2.39 bits per heavy atom. The number of sulfonamides is 1. The Kier molecular flexibility index (Phi) is 7.97. The lowest BCUT2D eigenvalue weighted by atomic mass is 10.5. The molecule has 0 radical (unpaired) electrons. The summed E-state index contributed by atoms with van der Waals surface area (Å²) >= 11 is 1.21. The van der Waals surface area contributed by atoms with Crippen molar-refractivity contribution in [3.63, 3.8) is 0 Å². The summed E-state index contributed by atoms with van der Waals surface area (Å²) in [5.41, 5.74) is 0.571. The zero-order valence-electron chi connectivity index (χ0n) is 10.8. The van der Waals surface area contributed by atoms with Gasteiger partial charge in [-0.25, -0.2) is 18.1 Å². The van der Waals surface area contributed by atoms with Crippen LogP contribution in [0.1, 0.15) is 24.0 Å². The van der Waals surface area contributed by atoms with Gasteiger partial charge in [0.15, 0.2) is 4.21 Å². The molecule has 1 aromatic heterocycles. The number of nitrogens with one attached hydrogen (secondary N) is 2. The van der Waals surface area contributed by atoms with E-state index in [4.69, 9.17) is 0 Å².